The van der Waals surface area contributed by atoms with E-state index in [4.69, 9.17) is 16.3 Å². The van der Waals surface area contributed by atoms with Crippen LogP contribution in [-0.2, 0) is 0 Å². The molecule has 2 unspecified atom stereocenters. The molecule has 15 heavy (non-hydrogen) atoms. The van der Waals surface area contributed by atoms with Gasteiger partial charge in [-0.1, -0.05) is 6.92 Å². The van der Waals surface area contributed by atoms with E-state index in [2.05, 4.69) is 12.2 Å². The summed E-state index contributed by atoms with van der Waals surface area (Å²) >= 11 is 1.26. The van der Waals surface area contributed by atoms with Gasteiger partial charge in [0.2, 0.25) is 0 Å². The van der Waals surface area contributed by atoms with Crippen molar-refractivity contribution in [2.24, 2.45) is 5.92 Å². The minimum Gasteiger partial charge on any atom is -0.396 e. The first-order valence-electron chi connectivity index (χ1n) is 4.66. The number of rotatable bonds is 2. The lowest BCUT2D eigenvalue weighted by Crippen LogP contribution is -2.03. The van der Waals surface area contributed by atoms with Crippen molar-refractivity contribution in [3.63, 3.8) is 0 Å². The predicted molar refractivity (Wildman–Crippen MR) is 59.4 cm³/mol. The summed E-state index contributed by atoms with van der Waals surface area (Å²) in [6.45, 7) is 2.14. The van der Waals surface area contributed by atoms with Crippen LogP contribution < -0.4 is 11.1 Å². The third kappa shape index (κ3) is 1.62. The van der Waals surface area contributed by atoms with Crippen molar-refractivity contribution in [2.45, 2.75) is 19.4 Å². The molecule has 5 heteroatoms. The van der Waals surface area contributed by atoms with Crippen molar-refractivity contribution in [1.29, 1.82) is 10.5 Å². The van der Waals surface area contributed by atoms with E-state index >= 15 is 0 Å². The highest BCUT2D eigenvalue weighted by Gasteiger charge is 2.33. The molecule has 0 radical (unpaired) electrons. The smallest absolute Gasteiger partial charge is 0.131 e. The van der Waals surface area contributed by atoms with Crippen molar-refractivity contribution in [3.05, 3.63) is 10.4 Å². The Labute approximate surface area is 91.9 Å². The summed E-state index contributed by atoms with van der Waals surface area (Å²) in [7, 11) is 0. The largest absolute Gasteiger partial charge is 0.396 e. The van der Waals surface area contributed by atoms with E-state index in [1.807, 2.05) is 12.1 Å². The summed E-state index contributed by atoms with van der Waals surface area (Å²) in [5.74, 6) is 0.644. The standard InChI is InChI=1S/C10H10N4S/c1-5-2-7(5)14-10-6(3-11)9(13)8(4-12)15-10/h5,7,14H,2,13H2,1H3. The summed E-state index contributed by atoms with van der Waals surface area (Å²) in [4.78, 5) is 0.419. The Hall–Kier alpha value is -1.72. The summed E-state index contributed by atoms with van der Waals surface area (Å²) in [5, 5.41) is 21.7. The van der Waals surface area contributed by atoms with Gasteiger partial charge in [0, 0.05) is 6.04 Å². The van der Waals surface area contributed by atoms with Gasteiger partial charge in [0.15, 0.2) is 0 Å². The minimum atomic E-state index is 0.306. The maximum atomic E-state index is 8.93. The summed E-state index contributed by atoms with van der Waals surface area (Å²) < 4.78 is 0. The Balaban J connectivity index is 2.31. The number of nitrogens with two attached hydrogens (primary N) is 1. The Morgan fingerprint density at radius 2 is 2.13 bits per heavy atom. The molecular weight excluding hydrogens is 208 g/mol. The molecule has 76 valence electrons. The Kier molecular flexibility index (Phi) is 2.26. The Morgan fingerprint density at radius 1 is 1.47 bits per heavy atom. The third-order valence-electron chi connectivity index (χ3n) is 2.58. The fourth-order valence-corrected chi connectivity index (χ4v) is 2.36. The van der Waals surface area contributed by atoms with Gasteiger partial charge in [0.05, 0.1) is 5.69 Å². The molecule has 0 amide bonds. The van der Waals surface area contributed by atoms with Gasteiger partial charge in [-0.15, -0.1) is 11.3 Å². The molecule has 0 aliphatic heterocycles. The van der Waals surface area contributed by atoms with Crippen LogP contribution in [-0.4, -0.2) is 6.04 Å². The zero-order valence-electron chi connectivity index (χ0n) is 8.24. The van der Waals surface area contributed by atoms with Gasteiger partial charge in [0.25, 0.3) is 0 Å². The molecule has 2 rings (SSSR count). The highest BCUT2D eigenvalue weighted by Crippen LogP contribution is 2.39. The van der Waals surface area contributed by atoms with E-state index in [-0.39, 0.29) is 0 Å². The molecule has 1 saturated carbocycles. The quantitative estimate of drug-likeness (QED) is 0.793. The molecule has 1 aromatic heterocycles. The van der Waals surface area contributed by atoms with Crippen LogP contribution >= 0.6 is 11.3 Å². The maximum absolute atomic E-state index is 8.93. The monoisotopic (exact) mass is 218 g/mol. The number of hydrogen-bond donors (Lipinski definition) is 2. The molecule has 1 aliphatic rings. The molecule has 0 aromatic carbocycles. The predicted octanol–water partition coefficient (Wildman–Crippen LogP) is 1.89. The van der Waals surface area contributed by atoms with Gasteiger partial charge in [-0.3, -0.25) is 0 Å². The summed E-state index contributed by atoms with van der Waals surface area (Å²) in [5.41, 5.74) is 6.40. The first-order chi connectivity index (χ1) is 7.17. The van der Waals surface area contributed by atoms with E-state index in [1.165, 1.54) is 11.3 Å². The minimum absolute atomic E-state index is 0.306. The number of thiophene rings is 1. The number of hydrogen-bond acceptors (Lipinski definition) is 5. The van der Waals surface area contributed by atoms with Gasteiger partial charge in [-0.05, 0) is 12.3 Å². The van der Waals surface area contributed by atoms with Gasteiger partial charge < -0.3 is 11.1 Å². The van der Waals surface area contributed by atoms with E-state index in [9.17, 15) is 0 Å². The van der Waals surface area contributed by atoms with Crippen molar-refractivity contribution in [2.75, 3.05) is 11.1 Å². The number of nitrogens with zero attached hydrogens (tertiary/aromatic N) is 2. The van der Waals surface area contributed by atoms with Crippen molar-refractivity contribution >= 4 is 22.0 Å². The van der Waals surface area contributed by atoms with Crippen LogP contribution in [0.3, 0.4) is 0 Å². The maximum Gasteiger partial charge on any atom is 0.131 e. The molecular formula is C10H10N4S. The van der Waals surface area contributed by atoms with Crippen LogP contribution in [0.25, 0.3) is 0 Å². The highest BCUT2D eigenvalue weighted by molar-refractivity contribution is 7.17. The summed E-state index contributed by atoms with van der Waals surface area (Å²) in [6.07, 6.45) is 1.12. The molecule has 0 saturated heterocycles. The van der Waals surface area contributed by atoms with Gasteiger partial charge in [-0.2, -0.15) is 10.5 Å². The molecule has 3 N–H and O–H groups in total. The average Bonchev–Trinajstić information content (AvgIpc) is 2.80. The average molecular weight is 218 g/mol. The second-order valence-electron chi connectivity index (χ2n) is 3.74. The number of anilines is 2. The van der Waals surface area contributed by atoms with Gasteiger partial charge >= 0.3 is 0 Å². The first kappa shape index (κ1) is 9.82. The third-order valence-corrected chi connectivity index (χ3v) is 3.63. The fraction of sp³-hybridized carbons (Fsp3) is 0.400. The van der Waals surface area contributed by atoms with Crippen LogP contribution in [0.1, 0.15) is 23.8 Å². The molecule has 0 bridgehead atoms. The number of nitrogen functional groups attached to an aromatic ring is 1. The normalized spacial score (nSPS) is 22.9. The van der Waals surface area contributed by atoms with E-state index < -0.39 is 0 Å². The highest BCUT2D eigenvalue weighted by atomic mass is 32.1. The summed E-state index contributed by atoms with van der Waals surface area (Å²) in [6, 6.07) is 4.47. The number of nitrogens with one attached hydrogen (secondary N) is 1. The molecule has 1 aliphatic carbocycles. The number of nitriles is 2. The molecule has 1 aromatic rings. The Morgan fingerprint density at radius 3 is 2.60 bits per heavy atom. The van der Waals surface area contributed by atoms with Crippen LogP contribution in [0.4, 0.5) is 10.7 Å². The van der Waals surface area contributed by atoms with Crippen molar-refractivity contribution in [1.82, 2.24) is 0 Å². The molecule has 0 spiro atoms. The van der Waals surface area contributed by atoms with Gasteiger partial charge in [0.1, 0.15) is 27.6 Å². The lowest BCUT2D eigenvalue weighted by atomic mass is 10.2. The first-order valence-corrected chi connectivity index (χ1v) is 5.48. The van der Waals surface area contributed by atoms with Gasteiger partial charge in [-0.25, -0.2) is 0 Å². The zero-order chi connectivity index (χ0) is 11.0. The lowest BCUT2D eigenvalue weighted by Gasteiger charge is -2.00. The van der Waals surface area contributed by atoms with Crippen LogP contribution in [0, 0.1) is 28.6 Å². The van der Waals surface area contributed by atoms with E-state index in [0.717, 1.165) is 11.4 Å². The zero-order valence-corrected chi connectivity index (χ0v) is 9.06. The fourth-order valence-electron chi connectivity index (χ4n) is 1.43. The SMILES string of the molecule is CC1CC1Nc1sc(C#N)c(N)c1C#N. The van der Waals surface area contributed by atoms with Crippen LogP contribution in [0.15, 0.2) is 0 Å². The van der Waals surface area contributed by atoms with Crippen molar-refractivity contribution < 1.29 is 0 Å². The van der Waals surface area contributed by atoms with Crippen molar-refractivity contribution in [3.8, 4) is 12.1 Å². The van der Waals surface area contributed by atoms with E-state index in [1.54, 1.807) is 0 Å². The van der Waals surface area contributed by atoms with Crippen LogP contribution in [0.2, 0.25) is 0 Å². The topological polar surface area (TPSA) is 85.6 Å². The second kappa shape index (κ2) is 3.45. The second-order valence-corrected chi connectivity index (χ2v) is 4.76. The molecule has 4 nitrogen and oxygen atoms in total. The van der Waals surface area contributed by atoms with Crippen LogP contribution in [0.5, 0.6) is 0 Å². The molecule has 1 heterocycles. The molecule has 2 atom stereocenters. The Bertz CT molecular complexity index is 477. The lowest BCUT2D eigenvalue weighted by molar-refractivity contribution is 0.931. The molecule has 1 fully saturated rings. The van der Waals surface area contributed by atoms with E-state index in [0.29, 0.717) is 28.1 Å².